The van der Waals surface area contributed by atoms with Gasteiger partial charge in [-0.05, 0) is 27.9 Å². The number of nitrogens with zero attached hydrogens (tertiary/aromatic N) is 2. The van der Waals surface area contributed by atoms with Crippen molar-refractivity contribution in [3.63, 3.8) is 0 Å². The third-order valence-electron chi connectivity index (χ3n) is 2.15. The van der Waals surface area contributed by atoms with Crippen molar-refractivity contribution in [3.05, 3.63) is 0 Å². The average molecular weight is 231 g/mol. The molecule has 0 fully saturated rings. The van der Waals surface area contributed by atoms with Gasteiger partial charge >= 0.3 is 0 Å². The summed E-state index contributed by atoms with van der Waals surface area (Å²) in [7, 11) is 3.98. The third-order valence-corrected chi connectivity index (χ3v) is 2.29. The number of carbonyl (C=O) groups excluding carboxylic acids is 1. The molecule has 0 heterocycles. The van der Waals surface area contributed by atoms with Crippen LogP contribution in [0.25, 0.3) is 0 Å². The van der Waals surface area contributed by atoms with Gasteiger partial charge in [0.2, 0.25) is 5.91 Å². The number of amides is 1. The maximum absolute atomic E-state index is 11.7. The zero-order valence-corrected chi connectivity index (χ0v) is 10.8. The monoisotopic (exact) mass is 231 g/mol. The van der Waals surface area contributed by atoms with Gasteiger partial charge in [0, 0.05) is 19.1 Å². The highest BCUT2D eigenvalue weighted by Crippen LogP contribution is 2.03. The SMILES string of the molecule is CCN(C(=O)CC(N)=S)C(C)CN(C)C. The smallest absolute Gasteiger partial charge is 0.229 e. The number of hydrogen-bond acceptors (Lipinski definition) is 3. The van der Waals surface area contributed by atoms with Crippen LogP contribution < -0.4 is 5.73 Å². The summed E-state index contributed by atoms with van der Waals surface area (Å²) >= 11 is 4.73. The summed E-state index contributed by atoms with van der Waals surface area (Å²) in [5.41, 5.74) is 5.36. The van der Waals surface area contributed by atoms with Crippen LogP contribution in [0.2, 0.25) is 0 Å². The largest absolute Gasteiger partial charge is 0.393 e. The van der Waals surface area contributed by atoms with Crippen molar-refractivity contribution in [1.29, 1.82) is 0 Å². The summed E-state index contributed by atoms with van der Waals surface area (Å²) in [6.45, 7) is 5.53. The van der Waals surface area contributed by atoms with Crippen LogP contribution in [0.1, 0.15) is 20.3 Å². The lowest BCUT2D eigenvalue weighted by Gasteiger charge is -2.30. The van der Waals surface area contributed by atoms with E-state index in [9.17, 15) is 4.79 Å². The Bertz CT molecular complexity index is 231. The first kappa shape index (κ1) is 14.3. The van der Waals surface area contributed by atoms with Crippen LogP contribution in [0.15, 0.2) is 0 Å². The quantitative estimate of drug-likeness (QED) is 0.675. The van der Waals surface area contributed by atoms with E-state index in [1.54, 1.807) is 4.90 Å². The molecule has 0 aliphatic heterocycles. The van der Waals surface area contributed by atoms with Crippen LogP contribution in [0.3, 0.4) is 0 Å². The molecule has 0 spiro atoms. The summed E-state index contributed by atoms with van der Waals surface area (Å²) in [5.74, 6) is 0.0133. The molecule has 0 bridgehead atoms. The molecule has 5 heteroatoms. The van der Waals surface area contributed by atoms with E-state index in [0.717, 1.165) is 6.54 Å². The molecule has 0 aromatic carbocycles. The van der Waals surface area contributed by atoms with Crippen LogP contribution in [-0.4, -0.2) is 53.9 Å². The zero-order chi connectivity index (χ0) is 12.0. The van der Waals surface area contributed by atoms with Gasteiger partial charge in [0.15, 0.2) is 0 Å². The highest BCUT2D eigenvalue weighted by molar-refractivity contribution is 7.80. The predicted molar refractivity (Wildman–Crippen MR) is 66.8 cm³/mol. The fourth-order valence-electron chi connectivity index (χ4n) is 1.61. The minimum atomic E-state index is 0.0133. The molecule has 2 N–H and O–H groups in total. The standard InChI is InChI=1S/C10H21N3OS/c1-5-13(8(2)7-12(3)4)10(14)6-9(11)15/h8H,5-7H2,1-4H3,(H2,11,15). The number of rotatable bonds is 6. The molecule has 15 heavy (non-hydrogen) atoms. The topological polar surface area (TPSA) is 49.6 Å². The Labute approximate surface area is 97.4 Å². The van der Waals surface area contributed by atoms with Gasteiger partial charge in [0.25, 0.3) is 0 Å². The first-order chi connectivity index (χ1) is 6.88. The number of nitrogens with two attached hydrogens (primary N) is 1. The summed E-state index contributed by atoms with van der Waals surface area (Å²) in [5, 5.41) is 0. The lowest BCUT2D eigenvalue weighted by atomic mass is 10.2. The van der Waals surface area contributed by atoms with E-state index in [1.165, 1.54) is 0 Å². The Morgan fingerprint density at radius 1 is 1.47 bits per heavy atom. The van der Waals surface area contributed by atoms with Gasteiger partial charge in [-0.25, -0.2) is 0 Å². The maximum Gasteiger partial charge on any atom is 0.229 e. The average Bonchev–Trinajstić information content (AvgIpc) is 2.01. The highest BCUT2D eigenvalue weighted by atomic mass is 32.1. The minimum absolute atomic E-state index is 0.0133. The molecular formula is C10H21N3OS. The lowest BCUT2D eigenvalue weighted by molar-refractivity contribution is -0.131. The van der Waals surface area contributed by atoms with Crippen molar-refractivity contribution in [2.45, 2.75) is 26.3 Å². The Morgan fingerprint density at radius 2 is 2.00 bits per heavy atom. The van der Waals surface area contributed by atoms with Gasteiger partial charge in [-0.2, -0.15) is 0 Å². The molecule has 1 unspecified atom stereocenters. The predicted octanol–water partition coefficient (Wildman–Crippen LogP) is 0.461. The molecular weight excluding hydrogens is 210 g/mol. The van der Waals surface area contributed by atoms with Crippen LogP contribution >= 0.6 is 12.2 Å². The van der Waals surface area contributed by atoms with Crippen LogP contribution in [0.5, 0.6) is 0 Å². The molecule has 0 rings (SSSR count). The Balaban J connectivity index is 4.33. The van der Waals surface area contributed by atoms with Gasteiger partial charge in [0.1, 0.15) is 0 Å². The van der Waals surface area contributed by atoms with Crippen LogP contribution in [0, 0.1) is 0 Å². The van der Waals surface area contributed by atoms with Gasteiger partial charge < -0.3 is 15.5 Å². The molecule has 0 aromatic rings. The van der Waals surface area contributed by atoms with E-state index in [1.807, 2.05) is 27.9 Å². The van der Waals surface area contributed by atoms with Gasteiger partial charge in [0.05, 0.1) is 11.4 Å². The lowest BCUT2D eigenvalue weighted by Crippen LogP contribution is -2.44. The molecule has 0 aromatic heterocycles. The molecule has 0 aliphatic carbocycles. The molecule has 0 aliphatic rings. The van der Waals surface area contributed by atoms with E-state index in [0.29, 0.717) is 6.54 Å². The highest BCUT2D eigenvalue weighted by Gasteiger charge is 2.19. The number of carbonyl (C=O) groups is 1. The summed E-state index contributed by atoms with van der Waals surface area (Å²) < 4.78 is 0. The molecule has 0 radical (unpaired) electrons. The molecule has 0 saturated heterocycles. The summed E-state index contributed by atoms with van der Waals surface area (Å²) in [6, 6.07) is 0.187. The maximum atomic E-state index is 11.7. The van der Waals surface area contributed by atoms with Crippen molar-refractivity contribution in [2.24, 2.45) is 5.73 Å². The Kier molecular flexibility index (Phi) is 6.43. The minimum Gasteiger partial charge on any atom is -0.393 e. The molecule has 1 atom stereocenters. The first-order valence-corrected chi connectivity index (χ1v) is 5.51. The van der Waals surface area contributed by atoms with E-state index < -0.39 is 0 Å². The van der Waals surface area contributed by atoms with Crippen molar-refractivity contribution < 1.29 is 4.79 Å². The third kappa shape index (κ3) is 5.69. The van der Waals surface area contributed by atoms with Crippen molar-refractivity contribution >= 4 is 23.1 Å². The number of thiocarbonyl (C=S) groups is 1. The van der Waals surface area contributed by atoms with Crippen molar-refractivity contribution in [1.82, 2.24) is 9.80 Å². The second-order valence-corrected chi connectivity index (χ2v) is 4.46. The van der Waals surface area contributed by atoms with Crippen LogP contribution in [0.4, 0.5) is 0 Å². The second-order valence-electron chi connectivity index (χ2n) is 3.93. The summed E-state index contributed by atoms with van der Waals surface area (Å²) in [4.78, 5) is 15.9. The van der Waals surface area contributed by atoms with Gasteiger partial charge in [-0.3, -0.25) is 4.79 Å². The summed E-state index contributed by atoms with van der Waals surface area (Å²) in [6.07, 6.45) is 0.168. The normalized spacial score (nSPS) is 12.6. The Morgan fingerprint density at radius 3 is 2.33 bits per heavy atom. The second kappa shape index (κ2) is 6.74. The van der Waals surface area contributed by atoms with E-state index in [4.69, 9.17) is 18.0 Å². The van der Waals surface area contributed by atoms with Crippen LogP contribution in [-0.2, 0) is 4.79 Å². The van der Waals surface area contributed by atoms with Crippen molar-refractivity contribution in [3.8, 4) is 0 Å². The number of hydrogen-bond donors (Lipinski definition) is 1. The Hall–Kier alpha value is -0.680. The van der Waals surface area contributed by atoms with Gasteiger partial charge in [-0.1, -0.05) is 12.2 Å². The molecule has 0 saturated carbocycles. The molecule has 4 nitrogen and oxygen atoms in total. The first-order valence-electron chi connectivity index (χ1n) is 5.11. The van der Waals surface area contributed by atoms with Gasteiger partial charge in [-0.15, -0.1) is 0 Å². The fourth-order valence-corrected chi connectivity index (χ4v) is 1.73. The van der Waals surface area contributed by atoms with Crippen molar-refractivity contribution in [2.75, 3.05) is 27.2 Å². The zero-order valence-electron chi connectivity index (χ0n) is 9.99. The van der Waals surface area contributed by atoms with E-state index >= 15 is 0 Å². The molecule has 1 amide bonds. The number of likely N-dealkylation sites (N-methyl/N-ethyl adjacent to an activating group) is 2. The van der Waals surface area contributed by atoms with E-state index in [2.05, 4.69) is 4.90 Å². The molecule has 88 valence electrons. The fraction of sp³-hybridized carbons (Fsp3) is 0.800. The van der Waals surface area contributed by atoms with E-state index in [-0.39, 0.29) is 23.4 Å².